The summed E-state index contributed by atoms with van der Waals surface area (Å²) in [5.74, 6) is 0.195. The van der Waals surface area contributed by atoms with Crippen molar-refractivity contribution in [1.82, 2.24) is 14.7 Å². The Morgan fingerprint density at radius 3 is 2.78 bits per heavy atom. The maximum absolute atomic E-state index is 12.0. The highest BCUT2D eigenvalue weighted by atomic mass is 16.2. The molecule has 0 unspecified atom stereocenters. The summed E-state index contributed by atoms with van der Waals surface area (Å²) in [6.07, 6.45) is 6.33. The Bertz CT molecular complexity index is 407. The van der Waals surface area contributed by atoms with Gasteiger partial charge in [0.1, 0.15) is 0 Å². The number of hydrogen-bond donors (Lipinski definition) is 1. The van der Waals surface area contributed by atoms with Gasteiger partial charge in [0.25, 0.3) is 0 Å². The number of carbonyl (C=O) groups is 1. The Labute approximate surface area is 108 Å². The van der Waals surface area contributed by atoms with Crippen LogP contribution in [0, 0.1) is 0 Å². The van der Waals surface area contributed by atoms with E-state index in [0.717, 1.165) is 43.7 Å². The molecule has 5 heteroatoms. The molecular weight excluding hydrogens is 228 g/mol. The number of nitrogens with zero attached hydrogens (tertiary/aromatic N) is 3. The first-order chi connectivity index (χ1) is 8.70. The van der Waals surface area contributed by atoms with Crippen LogP contribution < -0.4 is 5.32 Å². The Balaban J connectivity index is 1.88. The van der Waals surface area contributed by atoms with E-state index in [0.29, 0.717) is 6.54 Å². The van der Waals surface area contributed by atoms with E-state index >= 15 is 0 Å². The zero-order valence-corrected chi connectivity index (χ0v) is 11.3. The smallest absolute Gasteiger partial charge is 0.241 e. The highest BCUT2D eigenvalue weighted by Crippen LogP contribution is 2.14. The summed E-state index contributed by atoms with van der Waals surface area (Å²) in [4.78, 5) is 14.0. The van der Waals surface area contributed by atoms with Gasteiger partial charge in [0.2, 0.25) is 5.91 Å². The molecule has 1 amide bonds. The van der Waals surface area contributed by atoms with E-state index in [1.54, 1.807) is 4.68 Å². The quantitative estimate of drug-likeness (QED) is 0.879. The van der Waals surface area contributed by atoms with Crippen LogP contribution in [0.15, 0.2) is 6.20 Å². The first-order valence-corrected chi connectivity index (χ1v) is 6.75. The molecule has 2 rings (SSSR count). The summed E-state index contributed by atoms with van der Waals surface area (Å²) >= 11 is 0. The van der Waals surface area contributed by atoms with Crippen molar-refractivity contribution in [1.29, 1.82) is 0 Å². The van der Waals surface area contributed by atoms with Gasteiger partial charge in [-0.25, -0.2) is 0 Å². The van der Waals surface area contributed by atoms with Gasteiger partial charge in [-0.1, -0.05) is 6.92 Å². The Kier molecular flexibility index (Phi) is 4.23. The van der Waals surface area contributed by atoms with Crippen LogP contribution in [0.4, 0.5) is 5.69 Å². The van der Waals surface area contributed by atoms with E-state index in [2.05, 4.69) is 17.3 Å². The second-order valence-electron chi connectivity index (χ2n) is 4.81. The minimum atomic E-state index is 0.195. The predicted octanol–water partition coefficient (Wildman–Crippen LogP) is 1.41. The molecule has 0 atom stereocenters. The number of nitrogens with one attached hydrogen (secondary N) is 1. The van der Waals surface area contributed by atoms with Crippen LogP contribution in [-0.4, -0.2) is 40.2 Å². The van der Waals surface area contributed by atoms with E-state index in [-0.39, 0.29) is 5.91 Å². The lowest BCUT2D eigenvalue weighted by Gasteiger charge is -2.26. The number of aryl methyl sites for hydroxylation is 2. The van der Waals surface area contributed by atoms with E-state index in [1.807, 2.05) is 18.1 Å². The first kappa shape index (κ1) is 12.9. The first-order valence-electron chi connectivity index (χ1n) is 6.75. The van der Waals surface area contributed by atoms with Crippen molar-refractivity contribution < 1.29 is 4.79 Å². The average molecular weight is 250 g/mol. The maximum Gasteiger partial charge on any atom is 0.241 e. The molecule has 18 heavy (non-hydrogen) atoms. The number of piperidine rings is 1. The Morgan fingerprint density at radius 1 is 1.39 bits per heavy atom. The molecule has 0 aliphatic carbocycles. The van der Waals surface area contributed by atoms with Gasteiger partial charge >= 0.3 is 0 Å². The molecule has 0 saturated carbocycles. The molecule has 1 fully saturated rings. The zero-order valence-electron chi connectivity index (χ0n) is 11.3. The molecule has 100 valence electrons. The fraction of sp³-hybridized carbons (Fsp3) is 0.692. The second-order valence-corrected chi connectivity index (χ2v) is 4.81. The molecule has 0 aromatic carbocycles. The molecular formula is C13H22N4O. The van der Waals surface area contributed by atoms with Crippen molar-refractivity contribution in [2.45, 2.75) is 32.6 Å². The van der Waals surface area contributed by atoms with Gasteiger partial charge in [0.05, 0.1) is 17.9 Å². The summed E-state index contributed by atoms with van der Waals surface area (Å²) in [6, 6.07) is 0. The summed E-state index contributed by atoms with van der Waals surface area (Å²) in [7, 11) is 1.90. The van der Waals surface area contributed by atoms with Gasteiger partial charge in [0, 0.05) is 26.3 Å². The van der Waals surface area contributed by atoms with Crippen LogP contribution in [0.1, 0.15) is 31.9 Å². The Morgan fingerprint density at radius 2 is 2.11 bits per heavy atom. The van der Waals surface area contributed by atoms with Crippen molar-refractivity contribution in [3.05, 3.63) is 11.9 Å². The molecule has 5 nitrogen and oxygen atoms in total. The molecule has 1 saturated heterocycles. The summed E-state index contributed by atoms with van der Waals surface area (Å²) in [5, 5.41) is 7.56. The van der Waals surface area contributed by atoms with Crippen molar-refractivity contribution in [3.63, 3.8) is 0 Å². The lowest BCUT2D eigenvalue weighted by molar-refractivity contribution is -0.130. The third-order valence-electron chi connectivity index (χ3n) is 3.38. The monoisotopic (exact) mass is 250 g/mol. The molecule has 1 aromatic heterocycles. The van der Waals surface area contributed by atoms with Crippen LogP contribution in [0.3, 0.4) is 0 Å². The number of anilines is 1. The maximum atomic E-state index is 12.0. The molecule has 1 aliphatic rings. The minimum Gasteiger partial charge on any atom is -0.373 e. The Hall–Kier alpha value is -1.52. The molecule has 1 aliphatic heterocycles. The molecule has 1 aromatic rings. The van der Waals surface area contributed by atoms with Crippen LogP contribution in [0.25, 0.3) is 0 Å². The van der Waals surface area contributed by atoms with Crippen LogP contribution in [0.5, 0.6) is 0 Å². The largest absolute Gasteiger partial charge is 0.373 e. The number of aromatic nitrogens is 2. The molecule has 2 heterocycles. The number of hydrogen-bond acceptors (Lipinski definition) is 3. The third-order valence-corrected chi connectivity index (χ3v) is 3.38. The van der Waals surface area contributed by atoms with E-state index in [9.17, 15) is 4.79 Å². The van der Waals surface area contributed by atoms with Gasteiger partial charge in [-0.3, -0.25) is 9.48 Å². The van der Waals surface area contributed by atoms with Crippen molar-refractivity contribution in [3.8, 4) is 0 Å². The van der Waals surface area contributed by atoms with Crippen LogP contribution >= 0.6 is 0 Å². The number of amides is 1. The SMILES string of the molecule is CCc1nn(C)cc1NCC(=O)N1CCCCC1. The van der Waals surface area contributed by atoms with Crippen molar-refractivity contribution in [2.24, 2.45) is 7.05 Å². The predicted molar refractivity (Wildman–Crippen MR) is 71.5 cm³/mol. The summed E-state index contributed by atoms with van der Waals surface area (Å²) < 4.78 is 1.78. The minimum absolute atomic E-state index is 0.195. The lowest BCUT2D eigenvalue weighted by Crippen LogP contribution is -2.39. The standard InChI is InChI=1S/C13H22N4O/c1-3-11-12(10-16(2)15-11)14-9-13(18)17-7-5-4-6-8-17/h10,14H,3-9H2,1-2H3. The zero-order chi connectivity index (χ0) is 13.0. The normalized spacial score (nSPS) is 15.8. The van der Waals surface area contributed by atoms with Crippen LogP contribution in [0.2, 0.25) is 0 Å². The fourth-order valence-electron chi connectivity index (χ4n) is 2.37. The molecule has 0 radical (unpaired) electrons. The fourth-order valence-corrected chi connectivity index (χ4v) is 2.37. The third kappa shape index (κ3) is 3.03. The highest BCUT2D eigenvalue weighted by Gasteiger charge is 2.16. The van der Waals surface area contributed by atoms with Gasteiger partial charge < -0.3 is 10.2 Å². The second kappa shape index (κ2) is 5.89. The average Bonchev–Trinajstić information content (AvgIpc) is 2.77. The van der Waals surface area contributed by atoms with E-state index in [4.69, 9.17) is 0 Å². The van der Waals surface area contributed by atoms with Crippen molar-refractivity contribution in [2.75, 3.05) is 25.0 Å². The highest BCUT2D eigenvalue weighted by molar-refractivity contribution is 5.81. The molecule has 0 bridgehead atoms. The van der Waals surface area contributed by atoms with Gasteiger partial charge in [-0.2, -0.15) is 5.10 Å². The van der Waals surface area contributed by atoms with E-state index in [1.165, 1.54) is 6.42 Å². The van der Waals surface area contributed by atoms with E-state index < -0.39 is 0 Å². The number of carbonyl (C=O) groups excluding carboxylic acids is 1. The molecule has 1 N–H and O–H groups in total. The van der Waals surface area contributed by atoms with Crippen LogP contribution in [-0.2, 0) is 18.3 Å². The number of rotatable bonds is 4. The lowest BCUT2D eigenvalue weighted by atomic mass is 10.1. The van der Waals surface area contributed by atoms with Gasteiger partial charge in [-0.15, -0.1) is 0 Å². The summed E-state index contributed by atoms with van der Waals surface area (Å²) in [5.41, 5.74) is 1.99. The van der Waals surface area contributed by atoms with Crippen molar-refractivity contribution >= 4 is 11.6 Å². The summed E-state index contributed by atoms with van der Waals surface area (Å²) in [6.45, 7) is 4.26. The topological polar surface area (TPSA) is 50.2 Å². The molecule has 0 spiro atoms. The number of likely N-dealkylation sites (tertiary alicyclic amines) is 1. The van der Waals surface area contributed by atoms with Gasteiger partial charge in [0.15, 0.2) is 0 Å². The van der Waals surface area contributed by atoms with Gasteiger partial charge in [-0.05, 0) is 25.7 Å².